The van der Waals surface area contributed by atoms with E-state index in [-0.39, 0.29) is 11.8 Å². The molecule has 1 saturated carbocycles. The molecule has 2 aromatic rings. The van der Waals surface area contributed by atoms with Crippen molar-refractivity contribution in [3.05, 3.63) is 59.9 Å². The molecule has 174 valence electrons. The maximum Gasteiger partial charge on any atom is 0.272 e. The molecule has 7 heteroatoms. The van der Waals surface area contributed by atoms with E-state index in [0.717, 1.165) is 31.2 Å². The summed E-state index contributed by atoms with van der Waals surface area (Å²) in [4.78, 5) is 37.3. The molecule has 1 aliphatic carbocycles. The molecule has 1 fully saturated rings. The Morgan fingerprint density at radius 1 is 1.21 bits per heavy atom. The largest absolute Gasteiger partial charge is 0.392 e. The second-order valence-corrected chi connectivity index (χ2v) is 9.01. The fourth-order valence-corrected chi connectivity index (χ4v) is 4.33. The van der Waals surface area contributed by atoms with Crippen LogP contribution in [0.15, 0.2) is 53.7 Å². The minimum absolute atomic E-state index is 0.313. The first-order valence-electron chi connectivity index (χ1n) is 11.8. The van der Waals surface area contributed by atoms with Gasteiger partial charge in [0.15, 0.2) is 0 Å². The summed E-state index contributed by atoms with van der Waals surface area (Å²) in [7, 11) is 1.69. The Labute approximate surface area is 194 Å². The minimum Gasteiger partial charge on any atom is -0.392 e. The highest BCUT2D eigenvalue weighted by atomic mass is 16.3. The van der Waals surface area contributed by atoms with Crippen molar-refractivity contribution in [2.24, 2.45) is 16.8 Å². The molecule has 4 rings (SSSR count). The molecule has 2 aliphatic rings. The van der Waals surface area contributed by atoms with E-state index in [2.05, 4.69) is 17.2 Å². The number of hydrogen-bond acceptors (Lipinski definition) is 5. The molecule has 0 saturated heterocycles. The smallest absolute Gasteiger partial charge is 0.272 e. The molecule has 0 spiro atoms. The monoisotopic (exact) mass is 448 g/mol. The number of carbonyl (C=O) groups excluding carboxylic acids is 2. The molecular formula is C26H32N4O3. The number of pyridine rings is 1. The maximum atomic E-state index is 13.3. The summed E-state index contributed by atoms with van der Waals surface area (Å²) in [5.41, 5.74) is 2.67. The van der Waals surface area contributed by atoms with E-state index in [9.17, 15) is 14.7 Å². The van der Waals surface area contributed by atoms with Crippen LogP contribution < -0.4 is 10.2 Å². The lowest BCUT2D eigenvalue weighted by Gasteiger charge is -2.25. The SMILES string of the molecule is CCCC[C@H](O)[C@@H](CC1CC1)C(=O)NC1N=C(c2ccccn2)c2ccccc2N(C)C1=O. The minimum atomic E-state index is -1.09. The molecule has 0 radical (unpaired) electrons. The van der Waals surface area contributed by atoms with Crippen LogP contribution in [0.5, 0.6) is 0 Å². The zero-order valence-corrected chi connectivity index (χ0v) is 19.3. The first-order chi connectivity index (χ1) is 16.0. The van der Waals surface area contributed by atoms with Crippen molar-refractivity contribution in [1.29, 1.82) is 0 Å². The lowest BCUT2D eigenvalue weighted by Crippen LogP contribution is -2.49. The molecule has 7 nitrogen and oxygen atoms in total. The van der Waals surface area contributed by atoms with E-state index in [1.165, 1.54) is 4.90 Å². The Morgan fingerprint density at radius 3 is 2.67 bits per heavy atom. The third-order valence-corrected chi connectivity index (χ3v) is 6.47. The van der Waals surface area contributed by atoms with Crippen LogP contribution in [0.1, 0.15) is 56.7 Å². The van der Waals surface area contributed by atoms with Crippen LogP contribution in [-0.2, 0) is 9.59 Å². The molecule has 2 N–H and O–H groups in total. The number of para-hydroxylation sites is 1. The van der Waals surface area contributed by atoms with Gasteiger partial charge in [0.1, 0.15) is 0 Å². The summed E-state index contributed by atoms with van der Waals surface area (Å²) >= 11 is 0. The summed E-state index contributed by atoms with van der Waals surface area (Å²) < 4.78 is 0. The molecule has 1 unspecified atom stereocenters. The van der Waals surface area contributed by atoms with Crippen molar-refractivity contribution in [1.82, 2.24) is 10.3 Å². The Morgan fingerprint density at radius 2 is 1.97 bits per heavy atom. The second-order valence-electron chi connectivity index (χ2n) is 9.01. The highest BCUT2D eigenvalue weighted by Gasteiger charge is 2.37. The van der Waals surface area contributed by atoms with Crippen LogP contribution in [-0.4, -0.2) is 46.9 Å². The van der Waals surface area contributed by atoms with Gasteiger partial charge in [-0.1, -0.05) is 56.9 Å². The zero-order chi connectivity index (χ0) is 23.4. The summed E-state index contributed by atoms with van der Waals surface area (Å²) in [6.45, 7) is 2.06. The number of rotatable bonds is 9. The normalized spacial score (nSPS) is 19.8. The number of aliphatic hydroxyl groups excluding tert-OH is 1. The number of fused-ring (bicyclic) bond motifs is 1. The van der Waals surface area contributed by atoms with E-state index < -0.39 is 18.2 Å². The number of nitrogens with zero attached hydrogens (tertiary/aromatic N) is 3. The van der Waals surface area contributed by atoms with E-state index in [1.54, 1.807) is 13.2 Å². The van der Waals surface area contributed by atoms with Crippen molar-refractivity contribution >= 4 is 23.2 Å². The van der Waals surface area contributed by atoms with E-state index in [0.29, 0.717) is 35.9 Å². The van der Waals surface area contributed by atoms with Crippen LogP contribution >= 0.6 is 0 Å². The van der Waals surface area contributed by atoms with Gasteiger partial charge in [0.05, 0.1) is 29.1 Å². The quantitative estimate of drug-likeness (QED) is 0.615. The molecular weight excluding hydrogens is 416 g/mol. The predicted molar refractivity (Wildman–Crippen MR) is 128 cm³/mol. The van der Waals surface area contributed by atoms with E-state index in [1.807, 2.05) is 42.5 Å². The molecule has 1 aromatic carbocycles. The molecule has 0 bridgehead atoms. The van der Waals surface area contributed by atoms with Gasteiger partial charge in [-0.05, 0) is 37.0 Å². The third kappa shape index (κ3) is 5.30. The number of aromatic nitrogens is 1. The average molecular weight is 449 g/mol. The standard InChI is InChI=1S/C26H32N4O3/c1-3-4-12-22(31)19(16-17-13-14-17)25(32)29-24-26(33)30(2)21-11-6-5-9-18(21)23(28-24)20-10-7-8-15-27-20/h5-11,15,17,19,22,24,31H,3-4,12-14,16H2,1-2H3,(H,29,32)/t19-,22+,24?/m1/s1. The molecule has 3 atom stereocenters. The van der Waals surface area contributed by atoms with Crippen LogP contribution in [0.4, 0.5) is 5.69 Å². The molecule has 33 heavy (non-hydrogen) atoms. The molecule has 1 aromatic heterocycles. The van der Waals surface area contributed by atoms with Crippen molar-refractivity contribution in [3.63, 3.8) is 0 Å². The Bertz CT molecular complexity index is 1020. The van der Waals surface area contributed by atoms with E-state index in [4.69, 9.17) is 4.99 Å². The van der Waals surface area contributed by atoms with Gasteiger partial charge in [-0.15, -0.1) is 0 Å². The first kappa shape index (κ1) is 23.1. The summed E-state index contributed by atoms with van der Waals surface area (Å²) in [6, 6.07) is 13.1. The van der Waals surface area contributed by atoms with Gasteiger partial charge in [0.2, 0.25) is 12.1 Å². The number of nitrogens with one attached hydrogen (secondary N) is 1. The van der Waals surface area contributed by atoms with E-state index >= 15 is 0 Å². The van der Waals surface area contributed by atoms with Gasteiger partial charge in [-0.3, -0.25) is 14.6 Å². The zero-order valence-electron chi connectivity index (χ0n) is 19.3. The van der Waals surface area contributed by atoms with Gasteiger partial charge in [0, 0.05) is 18.8 Å². The Hall–Kier alpha value is -3.06. The lowest BCUT2D eigenvalue weighted by molar-refractivity contribution is -0.133. The Balaban J connectivity index is 1.65. The maximum absolute atomic E-state index is 13.3. The third-order valence-electron chi connectivity index (χ3n) is 6.47. The number of likely N-dealkylation sites (N-methyl/N-ethyl adjacent to an activating group) is 1. The molecule has 1 aliphatic heterocycles. The number of hydrogen-bond donors (Lipinski definition) is 2. The van der Waals surface area contributed by atoms with Crippen LogP contribution in [0.2, 0.25) is 0 Å². The van der Waals surface area contributed by atoms with Crippen molar-refractivity contribution in [2.75, 3.05) is 11.9 Å². The van der Waals surface area contributed by atoms with Gasteiger partial charge in [0.25, 0.3) is 5.91 Å². The summed E-state index contributed by atoms with van der Waals surface area (Å²) in [6.07, 6.45) is 5.08. The summed E-state index contributed by atoms with van der Waals surface area (Å²) in [5, 5.41) is 13.6. The van der Waals surface area contributed by atoms with Gasteiger partial charge in [-0.25, -0.2) is 4.99 Å². The predicted octanol–water partition coefficient (Wildman–Crippen LogP) is 3.31. The second kappa shape index (κ2) is 10.3. The first-order valence-corrected chi connectivity index (χ1v) is 11.8. The van der Waals surface area contributed by atoms with Gasteiger partial charge < -0.3 is 15.3 Å². The topological polar surface area (TPSA) is 94.9 Å². The number of unbranched alkanes of at least 4 members (excludes halogenated alkanes) is 1. The van der Waals surface area contributed by atoms with Crippen molar-refractivity contribution in [3.8, 4) is 0 Å². The van der Waals surface area contributed by atoms with Crippen LogP contribution in [0.25, 0.3) is 0 Å². The highest BCUT2D eigenvalue weighted by molar-refractivity contribution is 6.19. The Kier molecular flexibility index (Phi) is 7.18. The number of aliphatic hydroxyl groups is 1. The average Bonchev–Trinajstić information content (AvgIpc) is 3.67. The van der Waals surface area contributed by atoms with Gasteiger partial charge >= 0.3 is 0 Å². The molecule has 2 heterocycles. The highest BCUT2D eigenvalue weighted by Crippen LogP contribution is 2.37. The fourth-order valence-electron chi connectivity index (χ4n) is 4.33. The molecule has 2 amide bonds. The number of benzodiazepines with no additional fused rings is 1. The fraction of sp³-hybridized carbons (Fsp3) is 0.462. The number of amides is 2. The number of aliphatic imine (C=N–C) groups is 1. The van der Waals surface area contributed by atoms with Crippen LogP contribution in [0.3, 0.4) is 0 Å². The van der Waals surface area contributed by atoms with Crippen molar-refractivity contribution in [2.45, 2.75) is 57.7 Å². The van der Waals surface area contributed by atoms with Crippen LogP contribution in [0, 0.1) is 11.8 Å². The number of anilines is 1. The summed E-state index contributed by atoms with van der Waals surface area (Å²) in [5.74, 6) is -0.704. The number of benzene rings is 1. The van der Waals surface area contributed by atoms with Crippen molar-refractivity contribution < 1.29 is 14.7 Å². The van der Waals surface area contributed by atoms with Gasteiger partial charge in [-0.2, -0.15) is 0 Å². The number of carbonyl (C=O) groups is 2. The lowest BCUT2D eigenvalue weighted by atomic mass is 9.91.